The molecule has 3 aromatic carbocycles. The van der Waals surface area contributed by atoms with E-state index >= 15 is 0 Å². The van der Waals surface area contributed by atoms with Gasteiger partial charge in [0.2, 0.25) is 5.89 Å². The highest BCUT2D eigenvalue weighted by molar-refractivity contribution is 6.02. The Morgan fingerprint density at radius 2 is 1.49 bits per heavy atom. The second-order valence-corrected chi connectivity index (χ2v) is 8.62. The van der Waals surface area contributed by atoms with Gasteiger partial charge in [0.05, 0.1) is 12.6 Å². The molecular weight excluding hydrogens is 443 g/mol. The van der Waals surface area contributed by atoms with Crippen LogP contribution in [0.5, 0.6) is 0 Å². The number of oxazole rings is 1. The number of rotatable bonds is 7. The lowest BCUT2D eigenvalue weighted by molar-refractivity contribution is 0.0983. The number of carbonyl (C=O) groups is 1. The number of nitrogens with one attached hydrogen (secondary N) is 1. The van der Waals surface area contributed by atoms with Crippen molar-refractivity contribution in [2.24, 2.45) is 0 Å². The van der Waals surface area contributed by atoms with Crippen molar-refractivity contribution in [1.82, 2.24) is 14.8 Å². The number of hydrogen-bond donors (Lipinski definition) is 1. The lowest BCUT2D eigenvalue weighted by Crippen LogP contribution is -2.47. The Morgan fingerprint density at radius 3 is 2.09 bits per heavy atom. The van der Waals surface area contributed by atoms with Gasteiger partial charge in [-0.2, -0.15) is 0 Å². The van der Waals surface area contributed by atoms with E-state index in [0.717, 1.165) is 26.2 Å². The van der Waals surface area contributed by atoms with Crippen LogP contribution >= 0.6 is 0 Å². The average Bonchev–Trinajstić information content (AvgIpc) is 3.37. The van der Waals surface area contributed by atoms with Crippen LogP contribution in [-0.2, 0) is 6.54 Å². The van der Waals surface area contributed by atoms with E-state index in [0.29, 0.717) is 18.1 Å². The molecule has 35 heavy (non-hydrogen) atoms. The molecule has 0 atom stereocenters. The number of halogens is 1. The molecule has 0 saturated carbocycles. The number of aromatic nitrogens is 1. The zero-order chi connectivity index (χ0) is 24.0. The van der Waals surface area contributed by atoms with Crippen LogP contribution in [0.2, 0.25) is 0 Å². The van der Waals surface area contributed by atoms with Gasteiger partial charge in [-0.1, -0.05) is 60.7 Å². The van der Waals surface area contributed by atoms with Crippen molar-refractivity contribution in [2.45, 2.75) is 12.6 Å². The summed E-state index contributed by atoms with van der Waals surface area (Å²) in [5.74, 6) is -0.235. The number of anilines is 1. The van der Waals surface area contributed by atoms with Gasteiger partial charge in [-0.25, -0.2) is 9.37 Å². The van der Waals surface area contributed by atoms with E-state index in [4.69, 9.17) is 4.42 Å². The number of hydrogen-bond acceptors (Lipinski definition) is 5. The van der Waals surface area contributed by atoms with Crippen molar-refractivity contribution in [3.63, 3.8) is 0 Å². The van der Waals surface area contributed by atoms with Crippen LogP contribution in [0, 0.1) is 5.82 Å². The fraction of sp³-hybridized carbons (Fsp3) is 0.214. The van der Waals surface area contributed by atoms with Gasteiger partial charge in [0.1, 0.15) is 12.1 Å². The Kier molecular flexibility index (Phi) is 6.97. The van der Waals surface area contributed by atoms with Crippen molar-refractivity contribution in [3.8, 4) is 0 Å². The molecule has 7 heteroatoms. The number of benzene rings is 3. The van der Waals surface area contributed by atoms with E-state index in [2.05, 4.69) is 68.6 Å². The predicted octanol–water partition coefficient (Wildman–Crippen LogP) is 4.97. The van der Waals surface area contributed by atoms with Gasteiger partial charge in [0.25, 0.3) is 5.91 Å². The first-order valence-electron chi connectivity index (χ1n) is 11.7. The molecule has 0 aliphatic carbocycles. The summed E-state index contributed by atoms with van der Waals surface area (Å²) in [5.41, 5.74) is 3.29. The Labute approximate surface area is 204 Å². The van der Waals surface area contributed by atoms with E-state index in [1.807, 2.05) is 12.1 Å². The van der Waals surface area contributed by atoms with Gasteiger partial charge in [0.15, 0.2) is 5.69 Å². The van der Waals surface area contributed by atoms with Gasteiger partial charge in [0, 0.05) is 31.9 Å². The summed E-state index contributed by atoms with van der Waals surface area (Å²) in [6.07, 6.45) is 1.37. The molecule has 0 radical (unpaired) electrons. The molecule has 1 fully saturated rings. The van der Waals surface area contributed by atoms with Crippen molar-refractivity contribution >= 4 is 11.6 Å². The third-order valence-corrected chi connectivity index (χ3v) is 6.25. The van der Waals surface area contributed by atoms with Crippen molar-refractivity contribution < 1.29 is 13.6 Å². The minimum atomic E-state index is -0.384. The molecule has 1 saturated heterocycles. The van der Waals surface area contributed by atoms with Crippen LogP contribution in [0.4, 0.5) is 10.1 Å². The molecule has 1 aliphatic heterocycles. The Hall–Kier alpha value is -3.81. The smallest absolute Gasteiger partial charge is 0.277 e. The summed E-state index contributed by atoms with van der Waals surface area (Å²) in [4.78, 5) is 21.6. The zero-order valence-electron chi connectivity index (χ0n) is 19.3. The van der Waals surface area contributed by atoms with Crippen LogP contribution < -0.4 is 5.32 Å². The normalized spacial score (nSPS) is 14.8. The standard InChI is InChI=1S/C28H27FN4O2/c29-23-11-13-24(14-12-23)30-28(34)25-20-35-26(31-25)19-32-15-17-33(18-16-32)27(21-7-3-1-4-8-21)22-9-5-2-6-10-22/h1-14,20,27H,15-19H2,(H,30,34). The first-order chi connectivity index (χ1) is 17.2. The predicted molar refractivity (Wildman–Crippen MR) is 132 cm³/mol. The number of nitrogens with zero attached hydrogens (tertiary/aromatic N) is 3. The highest BCUT2D eigenvalue weighted by Gasteiger charge is 2.27. The highest BCUT2D eigenvalue weighted by Crippen LogP contribution is 2.29. The number of amides is 1. The van der Waals surface area contributed by atoms with Crippen molar-refractivity contribution in [2.75, 3.05) is 31.5 Å². The molecule has 1 aromatic heterocycles. The molecule has 0 unspecified atom stereocenters. The Morgan fingerprint density at radius 1 is 0.886 bits per heavy atom. The molecule has 1 N–H and O–H groups in total. The van der Waals surface area contributed by atoms with E-state index in [-0.39, 0.29) is 23.5 Å². The van der Waals surface area contributed by atoms with Crippen LogP contribution in [0.1, 0.15) is 33.5 Å². The second kappa shape index (κ2) is 10.6. The maximum Gasteiger partial charge on any atom is 0.277 e. The summed E-state index contributed by atoms with van der Waals surface area (Å²) in [7, 11) is 0. The van der Waals surface area contributed by atoms with E-state index in [9.17, 15) is 9.18 Å². The molecule has 178 valence electrons. The van der Waals surface area contributed by atoms with E-state index in [1.54, 1.807) is 0 Å². The molecule has 6 nitrogen and oxygen atoms in total. The lowest BCUT2D eigenvalue weighted by atomic mass is 9.96. The average molecular weight is 471 g/mol. The fourth-order valence-corrected chi connectivity index (χ4v) is 4.47. The van der Waals surface area contributed by atoms with Crippen LogP contribution in [-0.4, -0.2) is 46.9 Å². The van der Waals surface area contributed by atoms with Crippen molar-refractivity contribution in [3.05, 3.63) is 120 Å². The maximum atomic E-state index is 13.1. The highest BCUT2D eigenvalue weighted by atomic mass is 19.1. The molecule has 5 rings (SSSR count). The van der Waals surface area contributed by atoms with Crippen LogP contribution in [0.15, 0.2) is 95.6 Å². The summed E-state index contributed by atoms with van der Waals surface area (Å²) in [6, 6.07) is 27.0. The molecule has 0 spiro atoms. The van der Waals surface area contributed by atoms with Gasteiger partial charge in [-0.3, -0.25) is 14.6 Å². The first kappa shape index (κ1) is 23.0. The number of carbonyl (C=O) groups excluding carboxylic acids is 1. The summed E-state index contributed by atoms with van der Waals surface area (Å²) in [6.45, 7) is 4.10. The molecule has 1 aliphatic rings. The van der Waals surface area contributed by atoms with Crippen molar-refractivity contribution in [1.29, 1.82) is 0 Å². The SMILES string of the molecule is O=C(Nc1ccc(F)cc1)c1coc(CN2CCN(C(c3ccccc3)c3ccccc3)CC2)n1. The Bertz CT molecular complexity index is 1200. The first-order valence-corrected chi connectivity index (χ1v) is 11.7. The third kappa shape index (κ3) is 5.65. The minimum absolute atomic E-state index is 0.205. The van der Waals surface area contributed by atoms with Gasteiger partial charge >= 0.3 is 0 Å². The van der Waals surface area contributed by atoms with E-state index < -0.39 is 0 Å². The van der Waals surface area contributed by atoms with E-state index in [1.165, 1.54) is 41.7 Å². The van der Waals surface area contributed by atoms with Crippen LogP contribution in [0.3, 0.4) is 0 Å². The molecule has 4 aromatic rings. The molecule has 0 bridgehead atoms. The summed E-state index contributed by atoms with van der Waals surface area (Å²) >= 11 is 0. The topological polar surface area (TPSA) is 61.6 Å². The Balaban J connectivity index is 1.20. The quantitative estimate of drug-likeness (QED) is 0.413. The molecule has 2 heterocycles. The van der Waals surface area contributed by atoms with Gasteiger partial charge < -0.3 is 9.73 Å². The largest absolute Gasteiger partial charge is 0.447 e. The molecule has 1 amide bonds. The lowest BCUT2D eigenvalue weighted by Gasteiger charge is -2.39. The zero-order valence-corrected chi connectivity index (χ0v) is 19.3. The van der Waals surface area contributed by atoms with Gasteiger partial charge in [-0.05, 0) is 35.4 Å². The molecular formula is C28H27FN4O2. The summed E-state index contributed by atoms with van der Waals surface area (Å²) < 4.78 is 18.6. The second-order valence-electron chi connectivity index (χ2n) is 8.62. The number of piperazine rings is 1. The van der Waals surface area contributed by atoms with Gasteiger partial charge in [-0.15, -0.1) is 0 Å². The minimum Gasteiger partial charge on any atom is -0.447 e. The maximum absolute atomic E-state index is 13.1. The fourth-order valence-electron chi connectivity index (χ4n) is 4.47. The summed E-state index contributed by atoms with van der Waals surface area (Å²) in [5, 5.41) is 2.70. The van der Waals surface area contributed by atoms with Crippen LogP contribution in [0.25, 0.3) is 0 Å². The third-order valence-electron chi connectivity index (χ3n) is 6.25. The monoisotopic (exact) mass is 470 g/mol.